The van der Waals surface area contributed by atoms with Crippen LogP contribution in [0.25, 0.3) is 16.9 Å². The van der Waals surface area contributed by atoms with Crippen LogP contribution in [0.4, 0.5) is 24.1 Å². The monoisotopic (exact) mass is 448 g/mol. The summed E-state index contributed by atoms with van der Waals surface area (Å²) in [7, 11) is 0. The smallest absolute Gasteiger partial charge is 0.395 e. The molecule has 0 radical (unpaired) electrons. The quantitative estimate of drug-likeness (QED) is 0.417. The van der Waals surface area contributed by atoms with E-state index in [0.717, 1.165) is 6.07 Å². The molecule has 1 amide bonds. The number of aliphatic hydroxyl groups is 1. The number of hydrogen-bond donors (Lipinski definition) is 3. The van der Waals surface area contributed by atoms with Gasteiger partial charge in [-0.2, -0.15) is 13.2 Å². The fraction of sp³-hybridized carbons (Fsp3) is 0.158. The van der Waals surface area contributed by atoms with Gasteiger partial charge in [0.2, 0.25) is 0 Å². The molecule has 0 bridgehead atoms. The van der Waals surface area contributed by atoms with Crippen molar-refractivity contribution in [2.45, 2.75) is 6.18 Å². The number of imidazole rings is 1. The van der Waals surface area contributed by atoms with Crippen molar-refractivity contribution in [3.8, 4) is 11.3 Å². The Kier molecular flexibility index (Phi) is 5.57. The normalized spacial score (nSPS) is 11.6. The van der Waals surface area contributed by atoms with Gasteiger partial charge in [0.1, 0.15) is 5.82 Å². The van der Waals surface area contributed by atoms with Crippen LogP contribution in [0, 0.1) is 0 Å². The van der Waals surface area contributed by atoms with E-state index in [4.69, 9.17) is 5.11 Å². The molecule has 1 aromatic carbocycles. The Balaban J connectivity index is 1.84. The average molecular weight is 448 g/mol. The SMILES string of the molecule is O=C(Nc1nccs1)c1cc(NCCO)nn2cc(-c3ccccc3C(F)(F)F)nc12. The van der Waals surface area contributed by atoms with Crippen LogP contribution in [0.1, 0.15) is 15.9 Å². The zero-order valence-corrected chi connectivity index (χ0v) is 16.5. The van der Waals surface area contributed by atoms with Crippen molar-refractivity contribution in [3.05, 3.63) is 59.2 Å². The summed E-state index contributed by atoms with van der Waals surface area (Å²) in [5.41, 5.74) is -0.789. The van der Waals surface area contributed by atoms with E-state index in [1.54, 1.807) is 5.38 Å². The summed E-state index contributed by atoms with van der Waals surface area (Å²) in [6, 6.07) is 6.47. The Hall–Kier alpha value is -3.51. The van der Waals surface area contributed by atoms with E-state index < -0.39 is 17.6 Å². The van der Waals surface area contributed by atoms with Crippen LogP contribution < -0.4 is 10.6 Å². The topological polar surface area (TPSA) is 104 Å². The van der Waals surface area contributed by atoms with Gasteiger partial charge in [-0.1, -0.05) is 18.2 Å². The molecule has 31 heavy (non-hydrogen) atoms. The van der Waals surface area contributed by atoms with Gasteiger partial charge in [-0.15, -0.1) is 16.4 Å². The number of amides is 1. The first kappa shape index (κ1) is 20.8. The lowest BCUT2D eigenvalue weighted by Gasteiger charge is -2.10. The summed E-state index contributed by atoms with van der Waals surface area (Å²) in [4.78, 5) is 21.1. The van der Waals surface area contributed by atoms with Gasteiger partial charge in [0.05, 0.1) is 29.6 Å². The van der Waals surface area contributed by atoms with E-state index in [2.05, 4.69) is 25.7 Å². The number of hydrogen-bond acceptors (Lipinski definition) is 7. The molecule has 0 saturated carbocycles. The molecular weight excluding hydrogens is 433 g/mol. The number of anilines is 2. The third kappa shape index (κ3) is 4.34. The highest BCUT2D eigenvalue weighted by atomic mass is 32.1. The molecule has 0 unspecified atom stereocenters. The molecule has 8 nitrogen and oxygen atoms in total. The van der Waals surface area contributed by atoms with Crippen LogP contribution in [0.15, 0.2) is 48.1 Å². The zero-order valence-electron chi connectivity index (χ0n) is 15.7. The number of nitrogens with one attached hydrogen (secondary N) is 2. The Morgan fingerprint density at radius 1 is 1.26 bits per heavy atom. The minimum atomic E-state index is -4.57. The standard InChI is InChI=1S/C19H15F3N6O2S/c20-19(21,22)13-4-2-1-3-11(13)14-10-28-16(25-14)12(9-15(27-28)23-5-7-29)17(30)26-18-24-6-8-31-18/h1-4,6,8-10,29H,5,7H2,(H,23,27)(H,24,26,30). The number of nitrogens with zero attached hydrogens (tertiary/aromatic N) is 4. The van der Waals surface area contributed by atoms with Crippen molar-refractivity contribution >= 4 is 33.8 Å². The molecule has 0 fully saturated rings. The van der Waals surface area contributed by atoms with Crippen LogP contribution >= 0.6 is 11.3 Å². The van der Waals surface area contributed by atoms with Gasteiger partial charge >= 0.3 is 6.18 Å². The minimum Gasteiger partial charge on any atom is -0.395 e. The van der Waals surface area contributed by atoms with Gasteiger partial charge in [-0.3, -0.25) is 10.1 Å². The van der Waals surface area contributed by atoms with E-state index in [9.17, 15) is 18.0 Å². The van der Waals surface area contributed by atoms with Gasteiger partial charge in [0, 0.05) is 23.7 Å². The fourth-order valence-corrected chi connectivity index (χ4v) is 3.47. The van der Waals surface area contributed by atoms with E-state index in [-0.39, 0.29) is 41.4 Å². The van der Waals surface area contributed by atoms with Gasteiger partial charge in [-0.05, 0) is 12.1 Å². The maximum atomic E-state index is 13.5. The number of alkyl halides is 3. The lowest BCUT2D eigenvalue weighted by molar-refractivity contribution is -0.137. The van der Waals surface area contributed by atoms with Crippen LogP contribution in [-0.4, -0.2) is 43.7 Å². The maximum absolute atomic E-state index is 13.5. The van der Waals surface area contributed by atoms with E-state index in [1.165, 1.54) is 52.5 Å². The number of aromatic nitrogens is 4. The molecule has 0 aliphatic rings. The third-order valence-corrected chi connectivity index (χ3v) is 4.94. The van der Waals surface area contributed by atoms with Gasteiger partial charge in [-0.25, -0.2) is 14.5 Å². The molecule has 3 heterocycles. The molecule has 12 heteroatoms. The van der Waals surface area contributed by atoms with Crippen molar-refractivity contribution in [2.75, 3.05) is 23.8 Å². The second-order valence-electron chi connectivity index (χ2n) is 6.32. The van der Waals surface area contributed by atoms with E-state index >= 15 is 0 Å². The van der Waals surface area contributed by atoms with E-state index in [1.807, 2.05) is 0 Å². The first-order chi connectivity index (χ1) is 14.9. The van der Waals surface area contributed by atoms with Crippen LogP contribution in [-0.2, 0) is 6.18 Å². The van der Waals surface area contributed by atoms with Gasteiger partial charge < -0.3 is 10.4 Å². The summed E-state index contributed by atoms with van der Waals surface area (Å²) in [6.45, 7) is -0.000986. The predicted molar refractivity (Wildman–Crippen MR) is 109 cm³/mol. The Labute approximate surface area is 177 Å². The number of aliphatic hydroxyl groups excluding tert-OH is 1. The highest BCUT2D eigenvalue weighted by molar-refractivity contribution is 7.13. The summed E-state index contributed by atoms with van der Waals surface area (Å²) in [6.07, 6.45) is -1.72. The molecule has 0 spiro atoms. The van der Waals surface area contributed by atoms with Crippen molar-refractivity contribution < 1.29 is 23.1 Å². The van der Waals surface area contributed by atoms with Gasteiger partial charge in [0.15, 0.2) is 10.8 Å². The van der Waals surface area contributed by atoms with Crippen molar-refractivity contribution in [3.63, 3.8) is 0 Å². The zero-order chi connectivity index (χ0) is 22.0. The highest BCUT2D eigenvalue weighted by Crippen LogP contribution is 2.36. The average Bonchev–Trinajstić information content (AvgIpc) is 3.40. The first-order valence-electron chi connectivity index (χ1n) is 8.99. The number of rotatable bonds is 6. The molecule has 0 aliphatic carbocycles. The molecule has 4 rings (SSSR count). The molecule has 0 saturated heterocycles. The summed E-state index contributed by atoms with van der Waals surface area (Å²) >= 11 is 1.22. The predicted octanol–water partition coefficient (Wildman–Crippen LogP) is 3.53. The molecule has 0 aliphatic heterocycles. The van der Waals surface area contributed by atoms with Crippen LogP contribution in [0.3, 0.4) is 0 Å². The number of carbonyl (C=O) groups is 1. The number of benzene rings is 1. The Morgan fingerprint density at radius 2 is 2.06 bits per heavy atom. The maximum Gasteiger partial charge on any atom is 0.417 e. The minimum absolute atomic E-state index is 0.0167. The lowest BCUT2D eigenvalue weighted by atomic mass is 10.1. The molecule has 4 aromatic rings. The first-order valence-corrected chi connectivity index (χ1v) is 9.87. The second-order valence-corrected chi connectivity index (χ2v) is 7.22. The van der Waals surface area contributed by atoms with Crippen molar-refractivity contribution in [1.82, 2.24) is 19.6 Å². The third-order valence-electron chi connectivity index (χ3n) is 4.25. The molecule has 0 atom stereocenters. The number of halogens is 3. The summed E-state index contributed by atoms with van der Waals surface area (Å²) in [5.74, 6) is -0.297. The highest BCUT2D eigenvalue weighted by Gasteiger charge is 2.34. The van der Waals surface area contributed by atoms with Crippen molar-refractivity contribution in [2.24, 2.45) is 0 Å². The molecular formula is C19H15F3N6O2S. The number of thiazole rings is 1. The van der Waals surface area contributed by atoms with Gasteiger partial charge in [0.25, 0.3) is 5.91 Å². The summed E-state index contributed by atoms with van der Waals surface area (Å²) < 4.78 is 41.6. The molecule has 3 N–H and O–H groups in total. The Bertz CT molecular complexity index is 1220. The number of carbonyl (C=O) groups excluding carboxylic acids is 1. The number of fused-ring (bicyclic) bond motifs is 1. The fourth-order valence-electron chi connectivity index (χ4n) is 2.95. The molecule has 3 aromatic heterocycles. The van der Waals surface area contributed by atoms with Crippen LogP contribution in [0.2, 0.25) is 0 Å². The Morgan fingerprint density at radius 3 is 2.77 bits per heavy atom. The van der Waals surface area contributed by atoms with E-state index in [0.29, 0.717) is 5.13 Å². The van der Waals surface area contributed by atoms with Crippen molar-refractivity contribution in [1.29, 1.82) is 0 Å². The van der Waals surface area contributed by atoms with Crippen LogP contribution in [0.5, 0.6) is 0 Å². The summed E-state index contributed by atoms with van der Waals surface area (Å²) in [5, 5.41) is 20.8. The lowest BCUT2D eigenvalue weighted by Crippen LogP contribution is -2.16. The second kappa shape index (κ2) is 8.32. The molecule has 160 valence electrons. The largest absolute Gasteiger partial charge is 0.417 e.